The van der Waals surface area contributed by atoms with E-state index in [-0.39, 0.29) is 0 Å². The molecule has 2 aromatic rings. The molecular formula is C16H13O. The maximum absolute atomic E-state index is 5.42. The number of fused-ring (bicyclic) bond motifs is 1. The maximum Gasteiger partial charge on any atom is 0.126 e. The maximum atomic E-state index is 5.42. The van der Waals surface area contributed by atoms with Gasteiger partial charge in [0.25, 0.3) is 0 Å². The zero-order valence-electron chi connectivity index (χ0n) is 9.68. The molecule has 1 aliphatic rings. The molecule has 17 heavy (non-hydrogen) atoms. The molecular weight excluding hydrogens is 208 g/mol. The van der Waals surface area contributed by atoms with Crippen LogP contribution in [0.2, 0.25) is 0 Å². The summed E-state index contributed by atoms with van der Waals surface area (Å²) in [5, 5.41) is 0. The standard InChI is InChI=1S/C16H13O/c1-17-16-9-5-4-8-15(16)14-11-10-12-6-2-3-7-13(12)14/h2-11H,1H3. The van der Waals surface area contributed by atoms with Gasteiger partial charge < -0.3 is 4.74 Å². The lowest BCUT2D eigenvalue weighted by Crippen LogP contribution is -1.91. The Labute approximate surface area is 101 Å². The van der Waals surface area contributed by atoms with Crippen LogP contribution in [0.1, 0.15) is 16.7 Å². The predicted molar refractivity (Wildman–Crippen MR) is 69.9 cm³/mol. The van der Waals surface area contributed by atoms with Gasteiger partial charge in [-0.2, -0.15) is 0 Å². The first kappa shape index (κ1) is 10.2. The van der Waals surface area contributed by atoms with Gasteiger partial charge in [0.1, 0.15) is 5.75 Å². The summed E-state index contributed by atoms with van der Waals surface area (Å²) in [6.45, 7) is 0. The molecule has 0 saturated heterocycles. The molecule has 1 aliphatic carbocycles. The average Bonchev–Trinajstić information content (AvgIpc) is 2.82. The molecule has 0 fully saturated rings. The van der Waals surface area contributed by atoms with Crippen LogP contribution in [0.4, 0.5) is 0 Å². The number of hydrogen-bond acceptors (Lipinski definition) is 1. The molecule has 3 rings (SSSR count). The van der Waals surface area contributed by atoms with Gasteiger partial charge in [0, 0.05) is 12.0 Å². The van der Waals surface area contributed by atoms with Crippen molar-refractivity contribution in [2.75, 3.05) is 7.11 Å². The summed E-state index contributed by atoms with van der Waals surface area (Å²) in [5.74, 6) is 0.920. The van der Waals surface area contributed by atoms with E-state index in [1.165, 1.54) is 16.7 Å². The highest BCUT2D eigenvalue weighted by atomic mass is 16.5. The molecule has 1 nitrogen and oxygen atoms in total. The van der Waals surface area contributed by atoms with E-state index < -0.39 is 0 Å². The van der Waals surface area contributed by atoms with E-state index in [1.807, 2.05) is 18.2 Å². The van der Waals surface area contributed by atoms with Crippen LogP contribution < -0.4 is 4.74 Å². The van der Waals surface area contributed by atoms with E-state index >= 15 is 0 Å². The van der Waals surface area contributed by atoms with Crippen molar-refractivity contribution in [2.24, 2.45) is 0 Å². The van der Waals surface area contributed by atoms with E-state index in [4.69, 9.17) is 4.74 Å². The molecule has 2 aromatic carbocycles. The van der Waals surface area contributed by atoms with E-state index in [2.05, 4.69) is 42.8 Å². The number of hydrogen-bond donors (Lipinski definition) is 0. The van der Waals surface area contributed by atoms with Gasteiger partial charge in [-0.3, -0.25) is 0 Å². The molecule has 83 valence electrons. The van der Waals surface area contributed by atoms with Crippen molar-refractivity contribution >= 4 is 5.57 Å². The fourth-order valence-electron chi connectivity index (χ4n) is 2.25. The highest BCUT2D eigenvalue weighted by Crippen LogP contribution is 2.37. The summed E-state index contributed by atoms with van der Waals surface area (Å²) in [4.78, 5) is 0. The fraction of sp³-hybridized carbons (Fsp3) is 0.0625. The number of ether oxygens (including phenoxy) is 1. The molecule has 1 heteroatoms. The Balaban J connectivity index is 2.13. The van der Waals surface area contributed by atoms with Gasteiger partial charge in [0.05, 0.1) is 7.11 Å². The van der Waals surface area contributed by atoms with Gasteiger partial charge in [-0.05, 0) is 22.8 Å². The largest absolute Gasteiger partial charge is 0.496 e. The summed E-state index contributed by atoms with van der Waals surface area (Å²) < 4.78 is 5.42. The summed E-state index contributed by atoms with van der Waals surface area (Å²) >= 11 is 0. The number of allylic oxidation sites excluding steroid dienone is 1. The Bertz CT molecular complexity index is 582. The highest BCUT2D eigenvalue weighted by molar-refractivity contribution is 5.89. The van der Waals surface area contributed by atoms with Gasteiger partial charge in [-0.15, -0.1) is 0 Å². The molecule has 0 aliphatic heterocycles. The van der Waals surface area contributed by atoms with Crippen molar-refractivity contribution in [1.29, 1.82) is 0 Å². The normalized spacial score (nSPS) is 13.1. The van der Waals surface area contributed by atoms with Crippen molar-refractivity contribution in [1.82, 2.24) is 0 Å². The second-order valence-corrected chi connectivity index (χ2v) is 4.03. The van der Waals surface area contributed by atoms with Crippen LogP contribution in [-0.2, 0) is 0 Å². The van der Waals surface area contributed by atoms with Gasteiger partial charge in [-0.25, -0.2) is 0 Å². The van der Waals surface area contributed by atoms with E-state index in [0.717, 1.165) is 11.3 Å². The van der Waals surface area contributed by atoms with Crippen molar-refractivity contribution < 1.29 is 4.74 Å². The van der Waals surface area contributed by atoms with Crippen molar-refractivity contribution in [3.8, 4) is 5.75 Å². The predicted octanol–water partition coefficient (Wildman–Crippen LogP) is 3.69. The third-order valence-corrected chi connectivity index (χ3v) is 3.08. The van der Waals surface area contributed by atoms with Gasteiger partial charge in [0.15, 0.2) is 0 Å². The number of benzene rings is 2. The topological polar surface area (TPSA) is 9.23 Å². The van der Waals surface area contributed by atoms with Crippen LogP contribution in [0.25, 0.3) is 5.57 Å². The molecule has 0 heterocycles. The lowest BCUT2D eigenvalue weighted by atomic mass is 9.98. The Morgan fingerprint density at radius 2 is 1.53 bits per heavy atom. The van der Waals surface area contributed by atoms with Crippen molar-refractivity contribution in [3.63, 3.8) is 0 Å². The fourth-order valence-corrected chi connectivity index (χ4v) is 2.25. The van der Waals surface area contributed by atoms with Crippen LogP contribution in [0.5, 0.6) is 5.75 Å². The molecule has 0 bridgehead atoms. The van der Waals surface area contributed by atoms with Crippen LogP contribution in [0.3, 0.4) is 0 Å². The van der Waals surface area contributed by atoms with Crippen LogP contribution in [0, 0.1) is 6.42 Å². The molecule has 0 N–H and O–H groups in total. The first-order valence-electron chi connectivity index (χ1n) is 5.68. The second-order valence-electron chi connectivity index (χ2n) is 4.03. The number of methoxy groups -OCH3 is 1. The lowest BCUT2D eigenvalue weighted by Gasteiger charge is -2.10. The van der Waals surface area contributed by atoms with E-state index in [1.54, 1.807) is 7.11 Å². The zero-order chi connectivity index (χ0) is 11.7. The minimum atomic E-state index is 0.920. The quantitative estimate of drug-likeness (QED) is 0.751. The Morgan fingerprint density at radius 1 is 0.824 bits per heavy atom. The molecule has 0 aromatic heterocycles. The van der Waals surface area contributed by atoms with E-state index in [0.29, 0.717) is 0 Å². The van der Waals surface area contributed by atoms with Gasteiger partial charge in [0.2, 0.25) is 0 Å². The zero-order valence-corrected chi connectivity index (χ0v) is 9.68. The average molecular weight is 221 g/mol. The SMILES string of the molecule is COc1ccccc1C1=C[CH]c2ccccc21. The first-order chi connectivity index (χ1) is 8.40. The van der Waals surface area contributed by atoms with Crippen LogP contribution in [-0.4, -0.2) is 7.11 Å². The molecule has 0 saturated carbocycles. The molecule has 1 radical (unpaired) electrons. The number of rotatable bonds is 2. The summed E-state index contributed by atoms with van der Waals surface area (Å²) in [5.41, 5.74) is 4.93. The summed E-state index contributed by atoms with van der Waals surface area (Å²) in [7, 11) is 1.71. The monoisotopic (exact) mass is 221 g/mol. The third kappa shape index (κ3) is 1.64. The van der Waals surface area contributed by atoms with Gasteiger partial charge in [-0.1, -0.05) is 48.5 Å². The summed E-state index contributed by atoms with van der Waals surface area (Å²) in [6.07, 6.45) is 4.31. The first-order valence-corrected chi connectivity index (χ1v) is 5.68. The molecule has 0 amide bonds. The van der Waals surface area contributed by atoms with Crippen LogP contribution >= 0.6 is 0 Å². The minimum absolute atomic E-state index is 0.920. The van der Waals surface area contributed by atoms with E-state index in [9.17, 15) is 0 Å². The molecule has 0 atom stereocenters. The smallest absolute Gasteiger partial charge is 0.126 e. The van der Waals surface area contributed by atoms with Crippen molar-refractivity contribution in [3.05, 3.63) is 77.7 Å². The minimum Gasteiger partial charge on any atom is -0.496 e. The number of para-hydroxylation sites is 1. The molecule has 0 unspecified atom stereocenters. The highest BCUT2D eigenvalue weighted by Gasteiger charge is 2.17. The van der Waals surface area contributed by atoms with Crippen molar-refractivity contribution in [2.45, 2.75) is 0 Å². The Kier molecular flexibility index (Phi) is 2.45. The Morgan fingerprint density at radius 3 is 2.35 bits per heavy atom. The summed E-state index contributed by atoms with van der Waals surface area (Å²) in [6, 6.07) is 16.5. The molecule has 0 spiro atoms. The second kappa shape index (κ2) is 4.10. The third-order valence-electron chi connectivity index (χ3n) is 3.08. The van der Waals surface area contributed by atoms with Crippen LogP contribution in [0.15, 0.2) is 54.6 Å². The lowest BCUT2D eigenvalue weighted by molar-refractivity contribution is 0.413. The Hall–Kier alpha value is -2.02. The van der Waals surface area contributed by atoms with Gasteiger partial charge >= 0.3 is 0 Å².